The Morgan fingerprint density at radius 3 is 2.19 bits per heavy atom. The summed E-state index contributed by atoms with van der Waals surface area (Å²) >= 11 is 2.92. The fourth-order valence-electron chi connectivity index (χ4n) is 1.87. The number of rotatable bonds is 2. The lowest BCUT2D eigenvalue weighted by molar-refractivity contribution is -0.139. The molecule has 1 nitrogen and oxygen atoms in total. The highest BCUT2D eigenvalue weighted by Gasteiger charge is 2.35. The molecule has 2 rings (SSSR count). The lowest BCUT2D eigenvalue weighted by atomic mass is 9.96. The van der Waals surface area contributed by atoms with Crippen molar-refractivity contribution in [2.45, 2.75) is 12.3 Å². The molecule has 0 fully saturated rings. The summed E-state index contributed by atoms with van der Waals surface area (Å²) in [6, 6.07) is 5.68. The summed E-state index contributed by atoms with van der Waals surface area (Å²) < 4.78 is 65.1. The Balaban J connectivity index is 2.52. The summed E-state index contributed by atoms with van der Waals surface area (Å²) in [6.45, 7) is 0. The number of aliphatic hydroxyl groups excluding tert-OH is 1. The van der Waals surface area contributed by atoms with Crippen molar-refractivity contribution in [1.29, 1.82) is 0 Å². The van der Waals surface area contributed by atoms with Crippen molar-refractivity contribution in [2.24, 2.45) is 0 Å². The number of benzene rings is 2. The molecule has 112 valence electrons. The third-order valence-electron chi connectivity index (χ3n) is 2.87. The maximum atomic E-state index is 13.1. The smallest absolute Gasteiger partial charge is 0.384 e. The van der Waals surface area contributed by atoms with E-state index in [0.717, 1.165) is 24.3 Å². The zero-order chi connectivity index (χ0) is 15.8. The zero-order valence-corrected chi connectivity index (χ0v) is 11.8. The fourth-order valence-corrected chi connectivity index (χ4v) is 2.24. The third-order valence-corrected chi connectivity index (χ3v) is 3.37. The minimum absolute atomic E-state index is 0.165. The lowest BCUT2D eigenvalue weighted by Gasteiger charge is -2.18. The largest absolute Gasteiger partial charge is 0.416 e. The van der Waals surface area contributed by atoms with Crippen LogP contribution in [-0.2, 0) is 6.18 Å². The summed E-state index contributed by atoms with van der Waals surface area (Å²) in [5.74, 6) is -2.38. The molecule has 1 unspecified atom stereocenters. The van der Waals surface area contributed by atoms with Gasteiger partial charge in [-0.2, -0.15) is 13.2 Å². The summed E-state index contributed by atoms with van der Waals surface area (Å²) in [6.07, 6.45) is -6.40. The van der Waals surface area contributed by atoms with E-state index in [0.29, 0.717) is 6.07 Å². The van der Waals surface area contributed by atoms with Gasteiger partial charge < -0.3 is 5.11 Å². The van der Waals surface area contributed by atoms with Gasteiger partial charge in [-0.3, -0.25) is 0 Å². The Bertz CT molecular complexity index is 669. The monoisotopic (exact) mass is 366 g/mol. The molecule has 0 heterocycles. The van der Waals surface area contributed by atoms with Crippen molar-refractivity contribution >= 4 is 15.9 Å². The van der Waals surface area contributed by atoms with E-state index in [-0.39, 0.29) is 10.0 Å². The first-order valence-corrected chi connectivity index (χ1v) is 6.49. The van der Waals surface area contributed by atoms with Gasteiger partial charge in [0.2, 0.25) is 0 Å². The molecule has 1 atom stereocenters. The van der Waals surface area contributed by atoms with Gasteiger partial charge in [0, 0.05) is 4.47 Å². The Kier molecular flexibility index (Phi) is 4.34. The highest BCUT2D eigenvalue weighted by molar-refractivity contribution is 9.10. The molecule has 0 saturated carbocycles. The number of hydrogen-bond acceptors (Lipinski definition) is 1. The molecule has 0 aliphatic carbocycles. The number of alkyl halides is 3. The van der Waals surface area contributed by atoms with E-state index in [2.05, 4.69) is 15.9 Å². The van der Waals surface area contributed by atoms with Crippen LogP contribution in [0.4, 0.5) is 22.0 Å². The van der Waals surface area contributed by atoms with Crippen molar-refractivity contribution in [3.63, 3.8) is 0 Å². The van der Waals surface area contributed by atoms with Crippen molar-refractivity contribution in [1.82, 2.24) is 0 Å². The number of halogens is 6. The van der Waals surface area contributed by atoms with E-state index in [1.54, 1.807) is 0 Å². The van der Waals surface area contributed by atoms with Gasteiger partial charge in [0.05, 0.1) is 5.56 Å². The van der Waals surface area contributed by atoms with Crippen molar-refractivity contribution in [2.75, 3.05) is 0 Å². The standard InChI is InChI=1S/C14H8BrF5O/c15-8-2-3-9(10(6-8)14(18,19)20)13(21)7-1-4-11(16)12(17)5-7/h1-6,13,21H. The van der Waals surface area contributed by atoms with Gasteiger partial charge in [0.25, 0.3) is 0 Å². The van der Waals surface area contributed by atoms with Gasteiger partial charge in [-0.15, -0.1) is 0 Å². The predicted octanol–water partition coefficient (Wildman–Crippen LogP) is 4.83. The summed E-state index contributed by atoms with van der Waals surface area (Å²) in [4.78, 5) is 0. The first-order valence-electron chi connectivity index (χ1n) is 5.70. The molecule has 0 aliphatic heterocycles. The van der Waals surface area contributed by atoms with Crippen LogP contribution in [0.2, 0.25) is 0 Å². The van der Waals surface area contributed by atoms with Crippen molar-refractivity contribution in [3.8, 4) is 0 Å². The zero-order valence-electron chi connectivity index (χ0n) is 10.3. The van der Waals surface area contributed by atoms with Crippen LogP contribution in [0.15, 0.2) is 40.9 Å². The molecule has 0 aliphatic rings. The number of aliphatic hydroxyl groups is 1. The minimum atomic E-state index is -4.68. The molecular weight excluding hydrogens is 359 g/mol. The maximum Gasteiger partial charge on any atom is 0.416 e. The Labute approximate surface area is 125 Å². The molecule has 0 spiro atoms. The summed E-state index contributed by atoms with van der Waals surface area (Å²) in [5.41, 5.74) is -1.65. The van der Waals surface area contributed by atoms with E-state index in [9.17, 15) is 27.1 Å². The van der Waals surface area contributed by atoms with E-state index in [1.165, 1.54) is 6.07 Å². The molecule has 0 radical (unpaired) electrons. The van der Waals surface area contributed by atoms with E-state index < -0.39 is 35.0 Å². The average molecular weight is 367 g/mol. The van der Waals surface area contributed by atoms with Gasteiger partial charge in [-0.05, 0) is 35.4 Å². The second-order valence-electron chi connectivity index (χ2n) is 4.31. The first-order chi connectivity index (χ1) is 9.70. The average Bonchev–Trinajstić information content (AvgIpc) is 2.40. The normalized spacial score (nSPS) is 13.3. The van der Waals surface area contributed by atoms with Gasteiger partial charge >= 0.3 is 6.18 Å². The van der Waals surface area contributed by atoms with Crippen LogP contribution in [0, 0.1) is 11.6 Å². The van der Waals surface area contributed by atoms with Gasteiger partial charge in [0.15, 0.2) is 11.6 Å². The third kappa shape index (κ3) is 3.41. The predicted molar refractivity (Wildman–Crippen MR) is 69.6 cm³/mol. The lowest BCUT2D eigenvalue weighted by Crippen LogP contribution is -2.13. The summed E-state index contributed by atoms with van der Waals surface area (Å²) in [7, 11) is 0. The van der Waals surface area contributed by atoms with Crippen LogP contribution < -0.4 is 0 Å². The van der Waals surface area contributed by atoms with E-state index >= 15 is 0 Å². The summed E-state index contributed by atoms with van der Waals surface area (Å²) in [5, 5.41) is 10.0. The molecule has 7 heteroatoms. The van der Waals surface area contributed by atoms with Crippen LogP contribution >= 0.6 is 15.9 Å². The second kappa shape index (κ2) is 5.73. The van der Waals surface area contributed by atoms with Gasteiger partial charge in [-0.25, -0.2) is 8.78 Å². The molecule has 2 aromatic rings. The van der Waals surface area contributed by atoms with Crippen LogP contribution in [0.5, 0.6) is 0 Å². The van der Waals surface area contributed by atoms with Crippen molar-refractivity contribution < 1.29 is 27.1 Å². The van der Waals surface area contributed by atoms with Crippen LogP contribution in [0.1, 0.15) is 22.8 Å². The topological polar surface area (TPSA) is 20.2 Å². The van der Waals surface area contributed by atoms with Gasteiger partial charge in [-0.1, -0.05) is 28.1 Å². The molecular formula is C14H8BrF5O. The maximum absolute atomic E-state index is 13.1. The van der Waals surface area contributed by atoms with Crippen LogP contribution in [0.25, 0.3) is 0 Å². The Morgan fingerprint density at radius 2 is 1.62 bits per heavy atom. The molecule has 1 N–H and O–H groups in total. The molecule has 2 aromatic carbocycles. The molecule has 0 amide bonds. The molecule has 0 aromatic heterocycles. The fraction of sp³-hybridized carbons (Fsp3) is 0.143. The first kappa shape index (κ1) is 15.9. The van der Waals surface area contributed by atoms with Gasteiger partial charge in [0.1, 0.15) is 6.10 Å². The minimum Gasteiger partial charge on any atom is -0.384 e. The SMILES string of the molecule is OC(c1ccc(F)c(F)c1)c1ccc(Br)cc1C(F)(F)F. The Morgan fingerprint density at radius 1 is 0.952 bits per heavy atom. The highest BCUT2D eigenvalue weighted by atomic mass is 79.9. The second-order valence-corrected chi connectivity index (χ2v) is 5.22. The Hall–Kier alpha value is -1.47. The van der Waals surface area contributed by atoms with E-state index in [1.807, 2.05) is 0 Å². The molecule has 0 saturated heterocycles. The van der Waals surface area contributed by atoms with Crippen LogP contribution in [-0.4, -0.2) is 5.11 Å². The molecule has 0 bridgehead atoms. The van der Waals surface area contributed by atoms with E-state index in [4.69, 9.17) is 0 Å². The quantitative estimate of drug-likeness (QED) is 0.755. The highest BCUT2D eigenvalue weighted by Crippen LogP contribution is 2.38. The van der Waals surface area contributed by atoms with Crippen molar-refractivity contribution in [3.05, 3.63) is 69.2 Å². The number of hydrogen-bond donors (Lipinski definition) is 1. The van der Waals surface area contributed by atoms with Crippen LogP contribution in [0.3, 0.4) is 0 Å². The molecule has 21 heavy (non-hydrogen) atoms.